The molecule has 2 heteroatoms. The van der Waals surface area contributed by atoms with Gasteiger partial charge in [-0.3, -0.25) is 0 Å². The summed E-state index contributed by atoms with van der Waals surface area (Å²) < 4.78 is 0. The third kappa shape index (κ3) is 3.97. The van der Waals surface area contributed by atoms with Gasteiger partial charge >= 0.3 is 0 Å². The van der Waals surface area contributed by atoms with Crippen molar-refractivity contribution in [1.82, 2.24) is 0 Å². The van der Waals surface area contributed by atoms with Crippen LogP contribution in [0, 0.1) is 19.8 Å². The van der Waals surface area contributed by atoms with Gasteiger partial charge in [0.2, 0.25) is 0 Å². The predicted molar refractivity (Wildman–Crippen MR) is 93.7 cm³/mol. The fourth-order valence-corrected chi connectivity index (χ4v) is 5.09. The van der Waals surface area contributed by atoms with Gasteiger partial charge in [-0.1, -0.05) is 78.2 Å². The van der Waals surface area contributed by atoms with E-state index < -0.39 is 9.52 Å². The Morgan fingerprint density at radius 2 is 1.70 bits per heavy atom. The van der Waals surface area contributed by atoms with Crippen LogP contribution in [-0.2, 0) is 6.42 Å². The summed E-state index contributed by atoms with van der Waals surface area (Å²) >= 11 is 6.62. The van der Waals surface area contributed by atoms with Crippen molar-refractivity contribution in [3.63, 3.8) is 0 Å². The molecule has 0 aliphatic carbocycles. The van der Waals surface area contributed by atoms with Crippen LogP contribution in [0.15, 0.2) is 36.4 Å². The summed E-state index contributed by atoms with van der Waals surface area (Å²) in [5, 5.41) is 3.85. The molecule has 0 spiro atoms. The molecule has 2 rings (SSSR count). The van der Waals surface area contributed by atoms with E-state index in [1.165, 1.54) is 27.1 Å². The van der Waals surface area contributed by atoms with Gasteiger partial charge in [0, 0.05) is 5.02 Å². The quantitative estimate of drug-likeness (QED) is 0.761. The number of halogens is 1. The second-order valence-corrected chi connectivity index (χ2v) is 8.47. The predicted octanol–water partition coefficient (Wildman–Crippen LogP) is 3.27. The van der Waals surface area contributed by atoms with Gasteiger partial charge in [-0.2, -0.15) is 0 Å². The minimum Gasteiger partial charge on any atom is -0.0842 e. The molecule has 0 nitrogen and oxygen atoms in total. The number of hydrogen-bond donors (Lipinski definition) is 0. The molecular formula is C18H23ClSi. The summed E-state index contributed by atoms with van der Waals surface area (Å²) in [6.07, 6.45) is 1.06. The van der Waals surface area contributed by atoms with E-state index in [0.29, 0.717) is 5.92 Å². The average Bonchev–Trinajstić information content (AvgIpc) is 2.32. The maximum atomic E-state index is 6.62. The lowest BCUT2D eigenvalue weighted by molar-refractivity contribution is 0.647. The molecule has 0 radical (unpaired) electrons. The molecule has 0 unspecified atom stereocenters. The maximum Gasteiger partial charge on any atom is 0.0894 e. The zero-order chi connectivity index (χ0) is 14.7. The Kier molecular flexibility index (Phi) is 5.06. The Labute approximate surface area is 130 Å². The van der Waals surface area contributed by atoms with Crippen molar-refractivity contribution in [3.8, 4) is 0 Å². The molecule has 2 aromatic rings. The topological polar surface area (TPSA) is 0 Å². The van der Waals surface area contributed by atoms with Crippen molar-refractivity contribution in [2.45, 2.75) is 34.1 Å². The van der Waals surface area contributed by atoms with Crippen LogP contribution in [0.4, 0.5) is 0 Å². The Bertz CT molecular complexity index is 582. The van der Waals surface area contributed by atoms with Crippen LogP contribution >= 0.6 is 11.6 Å². The van der Waals surface area contributed by atoms with Crippen molar-refractivity contribution in [2.75, 3.05) is 0 Å². The normalized spacial score (nSPS) is 11.7. The van der Waals surface area contributed by atoms with Crippen molar-refractivity contribution in [3.05, 3.63) is 58.1 Å². The fourth-order valence-electron chi connectivity index (χ4n) is 2.76. The van der Waals surface area contributed by atoms with Gasteiger partial charge in [-0.25, -0.2) is 0 Å². The summed E-state index contributed by atoms with van der Waals surface area (Å²) in [6.45, 7) is 8.82. The van der Waals surface area contributed by atoms with Gasteiger partial charge in [0.1, 0.15) is 0 Å². The molecular weight excluding hydrogens is 280 g/mol. The molecule has 2 aromatic carbocycles. The maximum absolute atomic E-state index is 6.62. The first kappa shape index (κ1) is 15.3. The third-order valence-corrected chi connectivity index (χ3v) is 5.96. The van der Waals surface area contributed by atoms with Gasteiger partial charge in [-0.05, 0) is 36.9 Å². The number of benzene rings is 2. The van der Waals surface area contributed by atoms with Crippen LogP contribution in [0.25, 0.3) is 0 Å². The van der Waals surface area contributed by atoms with Gasteiger partial charge in [0.05, 0.1) is 9.52 Å². The first-order chi connectivity index (χ1) is 9.45. The highest BCUT2D eigenvalue weighted by Crippen LogP contribution is 2.17. The standard InChI is InChI=1S/C18H23ClSi/c1-12(2)8-15-6-5-7-17(18(15)19)20-16-10-13(3)9-14(4)11-16/h5-7,9-12H,8,20H2,1-4H3. The van der Waals surface area contributed by atoms with E-state index in [-0.39, 0.29) is 0 Å². The minimum atomic E-state index is -0.493. The lowest BCUT2D eigenvalue weighted by Crippen LogP contribution is -2.29. The van der Waals surface area contributed by atoms with Crippen molar-refractivity contribution < 1.29 is 0 Å². The molecule has 20 heavy (non-hydrogen) atoms. The van der Waals surface area contributed by atoms with Crippen LogP contribution in [0.5, 0.6) is 0 Å². The Hall–Kier alpha value is -1.05. The molecule has 0 aliphatic heterocycles. The Morgan fingerprint density at radius 3 is 2.30 bits per heavy atom. The van der Waals surface area contributed by atoms with E-state index in [2.05, 4.69) is 64.1 Å². The van der Waals surface area contributed by atoms with Gasteiger partial charge < -0.3 is 0 Å². The molecule has 0 aromatic heterocycles. The molecule has 0 atom stereocenters. The lowest BCUT2D eigenvalue weighted by atomic mass is 10.0. The highest BCUT2D eigenvalue weighted by Gasteiger charge is 2.09. The third-order valence-electron chi connectivity index (χ3n) is 3.46. The molecule has 0 aliphatic rings. The van der Waals surface area contributed by atoms with E-state index in [4.69, 9.17) is 11.6 Å². The van der Waals surface area contributed by atoms with E-state index in [1.807, 2.05) is 0 Å². The van der Waals surface area contributed by atoms with Gasteiger partial charge in [0.25, 0.3) is 0 Å². The Morgan fingerprint density at radius 1 is 1.05 bits per heavy atom. The van der Waals surface area contributed by atoms with Crippen LogP contribution in [0.1, 0.15) is 30.5 Å². The molecule has 0 fully saturated rings. The van der Waals surface area contributed by atoms with E-state index in [9.17, 15) is 0 Å². The highest BCUT2D eigenvalue weighted by molar-refractivity contribution is 6.70. The first-order valence-corrected chi connectivity index (χ1v) is 9.08. The summed E-state index contributed by atoms with van der Waals surface area (Å²) in [5.41, 5.74) is 4.00. The zero-order valence-electron chi connectivity index (χ0n) is 12.8. The van der Waals surface area contributed by atoms with Crippen molar-refractivity contribution in [2.24, 2.45) is 5.92 Å². The molecule has 0 bridgehead atoms. The monoisotopic (exact) mass is 302 g/mol. The van der Waals surface area contributed by atoms with E-state index in [0.717, 1.165) is 11.4 Å². The van der Waals surface area contributed by atoms with Crippen LogP contribution in [0.2, 0.25) is 5.02 Å². The number of rotatable bonds is 4. The largest absolute Gasteiger partial charge is 0.0894 e. The van der Waals surface area contributed by atoms with Crippen molar-refractivity contribution in [1.29, 1.82) is 0 Å². The smallest absolute Gasteiger partial charge is 0.0842 e. The van der Waals surface area contributed by atoms with Crippen molar-refractivity contribution >= 4 is 31.5 Å². The van der Waals surface area contributed by atoms with E-state index in [1.54, 1.807) is 0 Å². The summed E-state index contributed by atoms with van der Waals surface area (Å²) in [4.78, 5) is 0. The lowest BCUT2D eigenvalue weighted by Gasteiger charge is -2.12. The number of hydrogen-bond acceptors (Lipinski definition) is 0. The molecule has 106 valence electrons. The Balaban J connectivity index is 2.29. The highest BCUT2D eigenvalue weighted by atomic mass is 35.5. The first-order valence-electron chi connectivity index (χ1n) is 7.29. The molecule has 0 amide bonds. The SMILES string of the molecule is Cc1cc(C)cc([SiH2]c2cccc(CC(C)C)c2Cl)c1. The molecule has 0 N–H and O–H groups in total. The zero-order valence-corrected chi connectivity index (χ0v) is 15.0. The summed E-state index contributed by atoms with van der Waals surface area (Å²) in [5.74, 6) is 0.644. The fraction of sp³-hybridized carbons (Fsp3) is 0.333. The second kappa shape index (κ2) is 6.60. The summed E-state index contributed by atoms with van der Waals surface area (Å²) in [7, 11) is -0.493. The van der Waals surface area contributed by atoms with Gasteiger partial charge in [-0.15, -0.1) is 0 Å². The van der Waals surface area contributed by atoms with Gasteiger partial charge in [0.15, 0.2) is 0 Å². The number of aryl methyl sites for hydroxylation is 2. The molecule has 0 saturated heterocycles. The molecule has 0 saturated carbocycles. The minimum absolute atomic E-state index is 0.493. The average molecular weight is 303 g/mol. The second-order valence-electron chi connectivity index (χ2n) is 6.16. The summed E-state index contributed by atoms with van der Waals surface area (Å²) in [6, 6.07) is 13.4. The van der Waals surface area contributed by atoms with Crippen LogP contribution in [0.3, 0.4) is 0 Å². The van der Waals surface area contributed by atoms with Crippen LogP contribution < -0.4 is 10.4 Å². The van der Waals surface area contributed by atoms with Crippen LogP contribution in [-0.4, -0.2) is 9.52 Å². The molecule has 0 heterocycles. The van der Waals surface area contributed by atoms with E-state index >= 15 is 0 Å².